The van der Waals surface area contributed by atoms with Crippen LogP contribution in [0.2, 0.25) is 0 Å². The molecule has 2 heterocycles. The molecule has 0 spiro atoms. The van der Waals surface area contributed by atoms with Gasteiger partial charge in [0.15, 0.2) is 0 Å². The minimum atomic E-state index is -3.42. The molecule has 2 atom stereocenters. The Balaban J connectivity index is 1.92. The molecule has 1 amide bonds. The molecule has 22 heavy (non-hydrogen) atoms. The van der Waals surface area contributed by atoms with Gasteiger partial charge in [0.25, 0.3) is 5.91 Å². The van der Waals surface area contributed by atoms with Crippen molar-refractivity contribution in [2.45, 2.75) is 25.9 Å². The summed E-state index contributed by atoms with van der Waals surface area (Å²) in [6.45, 7) is 2.69. The fourth-order valence-electron chi connectivity index (χ4n) is 2.56. The lowest BCUT2D eigenvalue weighted by Gasteiger charge is -2.32. The van der Waals surface area contributed by atoms with Crippen LogP contribution in [0, 0.1) is 5.92 Å². The van der Waals surface area contributed by atoms with E-state index in [0.29, 0.717) is 18.0 Å². The first-order valence-electron chi connectivity index (χ1n) is 7.35. The normalized spacial score (nSPS) is 20.8. The maximum Gasteiger partial charge on any atom is 0.263 e. The lowest BCUT2D eigenvalue weighted by Crippen LogP contribution is -2.43. The average Bonchev–Trinajstić information content (AvgIpc) is 2.98. The number of amides is 1. The molecule has 2 N–H and O–H groups in total. The summed E-state index contributed by atoms with van der Waals surface area (Å²) in [4.78, 5) is 14.8. The van der Waals surface area contributed by atoms with E-state index < -0.39 is 16.1 Å². The third kappa shape index (κ3) is 5.05. The minimum absolute atomic E-state index is 0.00601. The third-order valence-electron chi connectivity index (χ3n) is 3.59. The first-order chi connectivity index (χ1) is 10.4. The molecule has 0 aromatic carbocycles. The van der Waals surface area contributed by atoms with Crippen molar-refractivity contribution in [1.29, 1.82) is 0 Å². The van der Waals surface area contributed by atoms with Gasteiger partial charge in [0.2, 0.25) is 10.0 Å². The number of rotatable bonds is 6. The number of aliphatic hydroxyl groups is 1. The van der Waals surface area contributed by atoms with E-state index in [2.05, 4.69) is 4.72 Å². The van der Waals surface area contributed by atoms with Crippen LogP contribution < -0.4 is 4.72 Å². The maximum atomic E-state index is 12.3. The lowest BCUT2D eigenvalue weighted by molar-refractivity contribution is 0.0689. The van der Waals surface area contributed by atoms with E-state index in [1.165, 1.54) is 18.3 Å². The van der Waals surface area contributed by atoms with Gasteiger partial charge < -0.3 is 10.0 Å². The van der Waals surface area contributed by atoms with Gasteiger partial charge in [0.1, 0.15) is 0 Å². The summed E-state index contributed by atoms with van der Waals surface area (Å²) >= 11 is 1.40. The zero-order valence-corrected chi connectivity index (χ0v) is 14.2. The Hall–Kier alpha value is -0.960. The molecular formula is C14H22N2O4S2. The Morgan fingerprint density at radius 1 is 1.59 bits per heavy atom. The van der Waals surface area contributed by atoms with Gasteiger partial charge in [-0.2, -0.15) is 0 Å². The number of sulfonamides is 1. The average molecular weight is 346 g/mol. The molecule has 1 saturated heterocycles. The second kappa shape index (κ2) is 7.54. The monoisotopic (exact) mass is 346 g/mol. The van der Waals surface area contributed by atoms with Gasteiger partial charge >= 0.3 is 0 Å². The van der Waals surface area contributed by atoms with Crippen LogP contribution in [0.3, 0.4) is 0 Å². The van der Waals surface area contributed by atoms with Gasteiger partial charge in [-0.1, -0.05) is 6.07 Å². The van der Waals surface area contributed by atoms with E-state index in [9.17, 15) is 13.2 Å². The van der Waals surface area contributed by atoms with Crippen LogP contribution in [0.15, 0.2) is 17.5 Å². The molecule has 1 fully saturated rings. The van der Waals surface area contributed by atoms with Crippen molar-refractivity contribution < 1.29 is 18.3 Å². The number of hydrogen-bond donors (Lipinski definition) is 2. The van der Waals surface area contributed by atoms with Crippen LogP contribution in [0.5, 0.6) is 0 Å². The standard InChI is InChI=1S/C14H22N2O4S2/c1-11(17)8-15-22(19,20)10-12-4-2-6-16(9-12)14(18)13-5-3-7-21-13/h3,5,7,11-12,15,17H,2,4,6,8-10H2,1H3/t11-,12+/m1/s1. The Morgan fingerprint density at radius 2 is 2.36 bits per heavy atom. The highest BCUT2D eigenvalue weighted by atomic mass is 32.2. The molecule has 1 aliphatic heterocycles. The number of likely N-dealkylation sites (tertiary alicyclic amines) is 1. The van der Waals surface area contributed by atoms with Crippen molar-refractivity contribution in [3.05, 3.63) is 22.4 Å². The summed E-state index contributed by atoms with van der Waals surface area (Å²) in [7, 11) is -3.42. The van der Waals surface area contributed by atoms with Crippen LogP contribution in [0.25, 0.3) is 0 Å². The highest BCUT2D eigenvalue weighted by molar-refractivity contribution is 7.89. The number of nitrogens with one attached hydrogen (secondary N) is 1. The van der Waals surface area contributed by atoms with E-state index in [1.807, 2.05) is 11.4 Å². The Labute approximate surface area is 135 Å². The fourth-order valence-corrected chi connectivity index (χ4v) is 4.75. The number of carbonyl (C=O) groups is 1. The van der Waals surface area contributed by atoms with Crippen molar-refractivity contribution in [1.82, 2.24) is 9.62 Å². The summed E-state index contributed by atoms with van der Waals surface area (Å²) in [5.74, 6) is -0.0910. The topological polar surface area (TPSA) is 86.7 Å². The SMILES string of the molecule is C[C@@H](O)CNS(=O)(=O)C[C@H]1CCCN(C(=O)c2cccs2)C1. The number of piperidine rings is 1. The molecule has 0 radical (unpaired) electrons. The molecule has 1 aromatic rings. The summed E-state index contributed by atoms with van der Waals surface area (Å²) in [6, 6.07) is 3.63. The molecular weight excluding hydrogens is 324 g/mol. The van der Waals surface area contributed by atoms with Gasteiger partial charge in [-0.3, -0.25) is 4.79 Å². The number of thiophene rings is 1. The van der Waals surface area contributed by atoms with Crippen molar-refractivity contribution in [2.75, 3.05) is 25.4 Å². The second-order valence-corrected chi connectivity index (χ2v) is 8.51. The van der Waals surface area contributed by atoms with Crippen LogP contribution in [0.1, 0.15) is 29.4 Å². The minimum Gasteiger partial charge on any atom is -0.392 e. The van der Waals surface area contributed by atoms with E-state index in [4.69, 9.17) is 5.11 Å². The quantitative estimate of drug-likeness (QED) is 0.801. The number of nitrogens with zero attached hydrogens (tertiary/aromatic N) is 1. The van der Waals surface area contributed by atoms with Crippen molar-refractivity contribution in [3.63, 3.8) is 0 Å². The van der Waals surface area contributed by atoms with Crippen LogP contribution in [-0.4, -0.2) is 55.8 Å². The van der Waals surface area contributed by atoms with Gasteiger partial charge in [-0.05, 0) is 37.1 Å². The number of aliphatic hydroxyl groups excluding tert-OH is 1. The first-order valence-corrected chi connectivity index (χ1v) is 9.89. The van der Waals surface area contributed by atoms with Gasteiger partial charge in [-0.25, -0.2) is 13.1 Å². The summed E-state index contributed by atoms with van der Waals surface area (Å²) < 4.78 is 26.4. The number of carbonyl (C=O) groups excluding carboxylic acids is 1. The Kier molecular flexibility index (Phi) is 5.96. The van der Waals surface area contributed by atoms with Crippen molar-refractivity contribution in [3.8, 4) is 0 Å². The smallest absolute Gasteiger partial charge is 0.263 e. The summed E-state index contributed by atoms with van der Waals surface area (Å²) in [5.41, 5.74) is 0. The highest BCUT2D eigenvalue weighted by Crippen LogP contribution is 2.21. The van der Waals surface area contributed by atoms with Crippen molar-refractivity contribution >= 4 is 27.3 Å². The molecule has 2 rings (SSSR count). The molecule has 8 heteroatoms. The molecule has 6 nitrogen and oxygen atoms in total. The van der Waals surface area contributed by atoms with E-state index >= 15 is 0 Å². The molecule has 1 aliphatic rings. The van der Waals surface area contributed by atoms with Crippen LogP contribution in [-0.2, 0) is 10.0 Å². The summed E-state index contributed by atoms with van der Waals surface area (Å²) in [5, 5.41) is 11.0. The lowest BCUT2D eigenvalue weighted by atomic mass is 10.00. The van der Waals surface area contributed by atoms with Crippen LogP contribution >= 0.6 is 11.3 Å². The van der Waals surface area contributed by atoms with E-state index in [-0.39, 0.29) is 24.1 Å². The summed E-state index contributed by atoms with van der Waals surface area (Å²) in [6.07, 6.45) is 0.898. The van der Waals surface area contributed by atoms with E-state index in [1.54, 1.807) is 11.0 Å². The highest BCUT2D eigenvalue weighted by Gasteiger charge is 2.28. The van der Waals surface area contributed by atoms with Crippen molar-refractivity contribution in [2.24, 2.45) is 5.92 Å². The maximum absolute atomic E-state index is 12.3. The molecule has 124 valence electrons. The van der Waals surface area contributed by atoms with Gasteiger partial charge in [0, 0.05) is 19.6 Å². The Bertz CT molecular complexity index is 584. The molecule has 0 unspecified atom stereocenters. The zero-order chi connectivity index (χ0) is 16.2. The predicted octanol–water partition coefficient (Wildman–Crippen LogP) is 0.901. The molecule has 0 saturated carbocycles. The Morgan fingerprint density at radius 3 is 3.00 bits per heavy atom. The van der Waals surface area contributed by atoms with E-state index in [0.717, 1.165) is 12.8 Å². The first kappa shape index (κ1) is 17.4. The number of hydrogen-bond acceptors (Lipinski definition) is 5. The predicted molar refractivity (Wildman–Crippen MR) is 86.4 cm³/mol. The van der Waals surface area contributed by atoms with Crippen LogP contribution in [0.4, 0.5) is 0 Å². The largest absolute Gasteiger partial charge is 0.392 e. The third-order valence-corrected chi connectivity index (χ3v) is 5.97. The molecule has 0 aliphatic carbocycles. The van der Waals surface area contributed by atoms with Gasteiger partial charge in [0.05, 0.1) is 16.7 Å². The molecule has 1 aromatic heterocycles. The van der Waals surface area contributed by atoms with Gasteiger partial charge in [-0.15, -0.1) is 11.3 Å². The fraction of sp³-hybridized carbons (Fsp3) is 0.643. The second-order valence-electron chi connectivity index (χ2n) is 5.72. The molecule has 0 bridgehead atoms. The zero-order valence-electron chi connectivity index (χ0n) is 12.6.